The predicted octanol–water partition coefficient (Wildman–Crippen LogP) is 2.35. The number of nitrogens with zero attached hydrogens (tertiary/aromatic N) is 1. The minimum atomic E-state index is -0.0787. The van der Waals surface area contributed by atoms with Crippen LogP contribution in [0.2, 0.25) is 0 Å². The molecule has 1 aromatic carbocycles. The summed E-state index contributed by atoms with van der Waals surface area (Å²) in [6.45, 7) is 3.88. The zero-order chi connectivity index (χ0) is 11.7. The van der Waals surface area contributed by atoms with Gasteiger partial charge in [0, 0.05) is 12.8 Å². The highest BCUT2D eigenvalue weighted by atomic mass is 16.2. The van der Waals surface area contributed by atoms with Crippen molar-refractivity contribution in [2.75, 3.05) is 4.90 Å². The van der Waals surface area contributed by atoms with E-state index in [1.807, 2.05) is 32.0 Å². The number of imide groups is 1. The third-order valence-corrected chi connectivity index (χ3v) is 2.89. The second-order valence-electron chi connectivity index (χ2n) is 4.27. The summed E-state index contributed by atoms with van der Waals surface area (Å²) in [4.78, 5) is 24.9. The van der Waals surface area contributed by atoms with Crippen LogP contribution < -0.4 is 4.90 Å². The lowest BCUT2D eigenvalue weighted by atomic mass is 10.0. The second kappa shape index (κ2) is 4.08. The topological polar surface area (TPSA) is 37.4 Å². The third-order valence-electron chi connectivity index (χ3n) is 2.89. The molecule has 16 heavy (non-hydrogen) atoms. The van der Waals surface area contributed by atoms with Gasteiger partial charge in [-0.1, -0.05) is 12.1 Å². The maximum absolute atomic E-state index is 11.8. The lowest BCUT2D eigenvalue weighted by Gasteiger charge is -2.26. The summed E-state index contributed by atoms with van der Waals surface area (Å²) in [6.07, 6.45) is 1.62. The van der Waals surface area contributed by atoms with Crippen LogP contribution in [-0.2, 0) is 9.59 Å². The van der Waals surface area contributed by atoms with Gasteiger partial charge in [0.25, 0.3) is 0 Å². The van der Waals surface area contributed by atoms with Crippen molar-refractivity contribution in [1.29, 1.82) is 0 Å². The summed E-state index contributed by atoms with van der Waals surface area (Å²) in [5.74, 6) is -0.157. The number of aryl methyl sites for hydroxylation is 2. The minimum Gasteiger partial charge on any atom is -0.274 e. The molecule has 3 heteroatoms. The normalized spacial score (nSPS) is 16.8. The Morgan fingerprint density at radius 3 is 2.31 bits per heavy atom. The number of anilines is 1. The van der Waals surface area contributed by atoms with Crippen LogP contribution in [0, 0.1) is 13.8 Å². The smallest absolute Gasteiger partial charge is 0.233 e. The first kappa shape index (κ1) is 10.9. The summed E-state index contributed by atoms with van der Waals surface area (Å²) in [6, 6.07) is 5.83. The Labute approximate surface area is 95.1 Å². The van der Waals surface area contributed by atoms with E-state index >= 15 is 0 Å². The van der Waals surface area contributed by atoms with Crippen LogP contribution in [0.4, 0.5) is 5.69 Å². The van der Waals surface area contributed by atoms with E-state index in [4.69, 9.17) is 0 Å². The monoisotopic (exact) mass is 217 g/mol. The molecule has 0 radical (unpaired) electrons. The molecule has 0 spiro atoms. The molecule has 0 bridgehead atoms. The number of amides is 2. The highest BCUT2D eigenvalue weighted by molar-refractivity contribution is 6.16. The van der Waals surface area contributed by atoms with Crippen molar-refractivity contribution in [3.63, 3.8) is 0 Å². The molecule has 0 aliphatic carbocycles. The number of benzene rings is 1. The Bertz CT molecular complexity index is 435. The molecule has 0 unspecified atom stereocenters. The fraction of sp³-hybridized carbons (Fsp3) is 0.385. The zero-order valence-corrected chi connectivity index (χ0v) is 9.62. The molecule has 0 N–H and O–H groups in total. The van der Waals surface area contributed by atoms with E-state index in [9.17, 15) is 9.59 Å². The third kappa shape index (κ3) is 1.85. The van der Waals surface area contributed by atoms with Gasteiger partial charge in [-0.15, -0.1) is 0 Å². The highest BCUT2D eigenvalue weighted by Crippen LogP contribution is 2.26. The van der Waals surface area contributed by atoms with Crippen molar-refractivity contribution >= 4 is 17.5 Å². The first-order chi connectivity index (χ1) is 7.59. The molecular weight excluding hydrogens is 202 g/mol. The zero-order valence-electron chi connectivity index (χ0n) is 9.62. The lowest BCUT2D eigenvalue weighted by Crippen LogP contribution is -2.40. The molecule has 3 nitrogen and oxygen atoms in total. The van der Waals surface area contributed by atoms with Gasteiger partial charge < -0.3 is 0 Å². The van der Waals surface area contributed by atoms with Gasteiger partial charge >= 0.3 is 0 Å². The number of carbonyl (C=O) groups is 2. The van der Waals surface area contributed by atoms with Crippen LogP contribution in [0.1, 0.15) is 30.4 Å². The molecule has 1 aliphatic heterocycles. The minimum absolute atomic E-state index is 0.0787. The molecule has 2 rings (SSSR count). The molecule has 0 saturated carbocycles. The van der Waals surface area contributed by atoms with E-state index in [0.717, 1.165) is 16.8 Å². The second-order valence-corrected chi connectivity index (χ2v) is 4.27. The van der Waals surface area contributed by atoms with Crippen LogP contribution in [0.5, 0.6) is 0 Å². The van der Waals surface area contributed by atoms with E-state index in [0.29, 0.717) is 19.3 Å². The van der Waals surface area contributed by atoms with Gasteiger partial charge in [0.2, 0.25) is 11.8 Å². The fourth-order valence-electron chi connectivity index (χ4n) is 1.98. The molecular formula is C13H15NO2. The number of piperidine rings is 1. The predicted molar refractivity (Wildman–Crippen MR) is 62.3 cm³/mol. The number of carbonyl (C=O) groups excluding carboxylic acids is 2. The Morgan fingerprint density at radius 1 is 1.06 bits per heavy atom. The van der Waals surface area contributed by atoms with Crippen LogP contribution in [-0.4, -0.2) is 11.8 Å². The van der Waals surface area contributed by atoms with E-state index in [1.54, 1.807) is 0 Å². The van der Waals surface area contributed by atoms with Crippen LogP contribution in [0.25, 0.3) is 0 Å². The maximum Gasteiger partial charge on any atom is 0.233 e. The van der Waals surface area contributed by atoms with Crippen LogP contribution in [0.3, 0.4) is 0 Å². The lowest BCUT2D eigenvalue weighted by molar-refractivity contribution is -0.129. The van der Waals surface area contributed by atoms with E-state index in [2.05, 4.69) is 0 Å². The van der Waals surface area contributed by atoms with Gasteiger partial charge in [-0.3, -0.25) is 14.5 Å². The molecule has 1 heterocycles. The van der Waals surface area contributed by atoms with Crippen LogP contribution >= 0.6 is 0 Å². The van der Waals surface area contributed by atoms with Crippen LogP contribution in [0.15, 0.2) is 18.2 Å². The van der Waals surface area contributed by atoms with E-state index in [1.165, 1.54) is 4.90 Å². The van der Waals surface area contributed by atoms with Gasteiger partial charge in [0.05, 0.1) is 5.69 Å². The average molecular weight is 217 g/mol. The summed E-state index contributed by atoms with van der Waals surface area (Å²) >= 11 is 0. The fourth-order valence-corrected chi connectivity index (χ4v) is 1.98. The first-order valence-electron chi connectivity index (χ1n) is 5.52. The average Bonchev–Trinajstić information content (AvgIpc) is 2.23. The van der Waals surface area contributed by atoms with Crippen molar-refractivity contribution < 1.29 is 9.59 Å². The van der Waals surface area contributed by atoms with Crippen molar-refractivity contribution in [2.45, 2.75) is 33.1 Å². The SMILES string of the molecule is Cc1ccc(C)c(N2C(=O)CCCC2=O)c1. The summed E-state index contributed by atoms with van der Waals surface area (Å²) in [5.41, 5.74) is 2.77. The maximum atomic E-state index is 11.8. The summed E-state index contributed by atoms with van der Waals surface area (Å²) in [7, 11) is 0. The van der Waals surface area contributed by atoms with Crippen molar-refractivity contribution in [2.24, 2.45) is 0 Å². The Morgan fingerprint density at radius 2 is 1.69 bits per heavy atom. The molecule has 2 amide bonds. The largest absolute Gasteiger partial charge is 0.274 e. The Hall–Kier alpha value is -1.64. The number of hydrogen-bond donors (Lipinski definition) is 0. The Balaban J connectivity index is 2.45. The Kier molecular flexibility index (Phi) is 2.77. The standard InChI is InChI=1S/C13H15NO2/c1-9-6-7-10(2)11(8-9)14-12(15)4-3-5-13(14)16/h6-8H,3-5H2,1-2H3. The molecule has 1 saturated heterocycles. The molecule has 0 aromatic heterocycles. The first-order valence-corrected chi connectivity index (χ1v) is 5.52. The van der Waals surface area contributed by atoms with Gasteiger partial charge in [0.15, 0.2) is 0 Å². The quantitative estimate of drug-likeness (QED) is 0.677. The van der Waals surface area contributed by atoms with Gasteiger partial charge in [0.1, 0.15) is 0 Å². The number of rotatable bonds is 1. The molecule has 0 atom stereocenters. The van der Waals surface area contributed by atoms with Crippen molar-refractivity contribution in [3.8, 4) is 0 Å². The molecule has 1 fully saturated rings. The molecule has 1 aliphatic rings. The summed E-state index contributed by atoms with van der Waals surface area (Å²) < 4.78 is 0. The molecule has 84 valence electrons. The van der Waals surface area contributed by atoms with E-state index < -0.39 is 0 Å². The van der Waals surface area contributed by atoms with Gasteiger partial charge in [-0.05, 0) is 37.5 Å². The van der Waals surface area contributed by atoms with Gasteiger partial charge in [-0.2, -0.15) is 0 Å². The summed E-state index contributed by atoms with van der Waals surface area (Å²) in [5, 5.41) is 0. The highest BCUT2D eigenvalue weighted by Gasteiger charge is 2.28. The van der Waals surface area contributed by atoms with Gasteiger partial charge in [-0.25, -0.2) is 0 Å². The van der Waals surface area contributed by atoms with Crippen molar-refractivity contribution in [1.82, 2.24) is 0 Å². The van der Waals surface area contributed by atoms with E-state index in [-0.39, 0.29) is 11.8 Å². The van der Waals surface area contributed by atoms with Crippen molar-refractivity contribution in [3.05, 3.63) is 29.3 Å². The number of hydrogen-bond acceptors (Lipinski definition) is 2. The molecule has 1 aromatic rings.